The maximum atomic E-state index is 14.3. The molecule has 0 saturated carbocycles. The van der Waals surface area contributed by atoms with Crippen LogP contribution in [0.2, 0.25) is 5.02 Å². The SMILES string of the molecule is CNCc1ccc(F)c(-c2ccc(Cl)c3ccccc23)c1. The highest BCUT2D eigenvalue weighted by atomic mass is 35.5. The Morgan fingerprint density at radius 2 is 1.71 bits per heavy atom. The lowest BCUT2D eigenvalue weighted by Gasteiger charge is -2.11. The number of nitrogens with one attached hydrogen (secondary N) is 1. The average molecular weight is 300 g/mol. The Hall–Kier alpha value is -1.90. The Balaban J connectivity index is 2.25. The van der Waals surface area contributed by atoms with E-state index in [-0.39, 0.29) is 5.82 Å². The number of hydrogen-bond donors (Lipinski definition) is 1. The molecule has 0 amide bonds. The minimum Gasteiger partial charge on any atom is -0.316 e. The van der Waals surface area contributed by atoms with Crippen molar-refractivity contribution in [2.75, 3.05) is 7.05 Å². The van der Waals surface area contributed by atoms with Gasteiger partial charge in [0.25, 0.3) is 0 Å². The van der Waals surface area contributed by atoms with Gasteiger partial charge in [-0.05, 0) is 41.8 Å². The third-order valence-electron chi connectivity index (χ3n) is 3.57. The van der Waals surface area contributed by atoms with Crippen LogP contribution in [0.15, 0.2) is 54.6 Å². The van der Waals surface area contributed by atoms with Gasteiger partial charge in [-0.25, -0.2) is 4.39 Å². The van der Waals surface area contributed by atoms with Gasteiger partial charge in [0.1, 0.15) is 5.82 Å². The van der Waals surface area contributed by atoms with Gasteiger partial charge in [0.15, 0.2) is 0 Å². The number of rotatable bonds is 3. The molecule has 3 aromatic carbocycles. The summed E-state index contributed by atoms with van der Waals surface area (Å²) in [5.41, 5.74) is 2.52. The highest BCUT2D eigenvalue weighted by molar-refractivity contribution is 6.36. The Labute approximate surface area is 128 Å². The van der Waals surface area contributed by atoms with Gasteiger partial charge in [-0.3, -0.25) is 0 Å². The fraction of sp³-hybridized carbons (Fsp3) is 0.111. The van der Waals surface area contributed by atoms with E-state index in [0.29, 0.717) is 17.1 Å². The molecule has 21 heavy (non-hydrogen) atoms. The van der Waals surface area contributed by atoms with E-state index >= 15 is 0 Å². The van der Waals surface area contributed by atoms with Gasteiger partial charge in [0.05, 0.1) is 0 Å². The van der Waals surface area contributed by atoms with E-state index in [1.165, 1.54) is 6.07 Å². The second-order valence-electron chi connectivity index (χ2n) is 4.99. The lowest BCUT2D eigenvalue weighted by atomic mass is 9.96. The minimum absolute atomic E-state index is 0.220. The summed E-state index contributed by atoms with van der Waals surface area (Å²) in [5, 5.41) is 5.67. The van der Waals surface area contributed by atoms with Crippen LogP contribution in [-0.2, 0) is 6.54 Å². The van der Waals surface area contributed by atoms with Crippen molar-refractivity contribution in [3.05, 3.63) is 71.0 Å². The summed E-state index contributed by atoms with van der Waals surface area (Å²) in [6.07, 6.45) is 0. The second kappa shape index (κ2) is 5.84. The lowest BCUT2D eigenvalue weighted by Crippen LogP contribution is -2.05. The van der Waals surface area contributed by atoms with Crippen molar-refractivity contribution in [1.82, 2.24) is 5.32 Å². The molecule has 0 saturated heterocycles. The maximum absolute atomic E-state index is 14.3. The molecule has 0 radical (unpaired) electrons. The van der Waals surface area contributed by atoms with Crippen LogP contribution in [-0.4, -0.2) is 7.05 Å². The van der Waals surface area contributed by atoms with Gasteiger partial charge in [0, 0.05) is 22.5 Å². The molecule has 0 aromatic heterocycles. The van der Waals surface area contributed by atoms with E-state index in [1.807, 2.05) is 49.5 Å². The zero-order chi connectivity index (χ0) is 14.8. The number of halogens is 2. The van der Waals surface area contributed by atoms with Gasteiger partial charge < -0.3 is 5.32 Å². The predicted octanol–water partition coefficient (Wildman–Crippen LogP) is 5.02. The van der Waals surface area contributed by atoms with E-state index in [9.17, 15) is 4.39 Å². The molecule has 3 heteroatoms. The molecule has 0 unspecified atom stereocenters. The van der Waals surface area contributed by atoms with Gasteiger partial charge in [-0.2, -0.15) is 0 Å². The van der Waals surface area contributed by atoms with E-state index in [2.05, 4.69) is 5.32 Å². The van der Waals surface area contributed by atoms with Gasteiger partial charge >= 0.3 is 0 Å². The smallest absolute Gasteiger partial charge is 0.131 e. The van der Waals surface area contributed by atoms with Crippen LogP contribution in [0.5, 0.6) is 0 Å². The number of fused-ring (bicyclic) bond motifs is 1. The molecule has 0 bridgehead atoms. The fourth-order valence-electron chi connectivity index (χ4n) is 2.59. The van der Waals surface area contributed by atoms with Crippen LogP contribution >= 0.6 is 11.6 Å². The molecular formula is C18H15ClFN. The zero-order valence-corrected chi connectivity index (χ0v) is 12.4. The Morgan fingerprint density at radius 3 is 2.48 bits per heavy atom. The first-order valence-corrected chi connectivity index (χ1v) is 7.19. The Bertz CT molecular complexity index is 798. The summed E-state index contributed by atoms with van der Waals surface area (Å²) in [5.74, 6) is -0.220. The van der Waals surface area contributed by atoms with Crippen molar-refractivity contribution in [2.45, 2.75) is 6.54 Å². The molecule has 0 aliphatic heterocycles. The van der Waals surface area contributed by atoms with Crippen molar-refractivity contribution >= 4 is 22.4 Å². The monoisotopic (exact) mass is 299 g/mol. The molecule has 1 N–H and O–H groups in total. The molecule has 0 aliphatic rings. The predicted molar refractivity (Wildman–Crippen MR) is 87.1 cm³/mol. The van der Waals surface area contributed by atoms with Gasteiger partial charge in [-0.15, -0.1) is 0 Å². The van der Waals surface area contributed by atoms with Gasteiger partial charge in [0.2, 0.25) is 0 Å². The van der Waals surface area contributed by atoms with Crippen molar-refractivity contribution in [2.24, 2.45) is 0 Å². The number of hydrogen-bond acceptors (Lipinski definition) is 1. The number of benzene rings is 3. The van der Waals surface area contributed by atoms with Crippen molar-refractivity contribution in [3.8, 4) is 11.1 Å². The summed E-state index contributed by atoms with van der Waals surface area (Å²) in [4.78, 5) is 0. The molecule has 0 heterocycles. The molecule has 0 atom stereocenters. The standard InChI is InChI=1S/C18H15ClFN/c1-21-11-12-6-9-18(20)16(10-12)14-7-8-17(19)15-5-3-2-4-13(14)15/h2-10,21H,11H2,1H3. The van der Waals surface area contributed by atoms with E-state index in [4.69, 9.17) is 11.6 Å². The molecule has 1 nitrogen and oxygen atoms in total. The quantitative estimate of drug-likeness (QED) is 0.716. The lowest BCUT2D eigenvalue weighted by molar-refractivity contribution is 0.630. The third-order valence-corrected chi connectivity index (χ3v) is 3.90. The second-order valence-corrected chi connectivity index (χ2v) is 5.39. The summed E-state index contributed by atoms with van der Waals surface area (Å²) < 4.78 is 14.3. The third kappa shape index (κ3) is 2.65. The van der Waals surface area contributed by atoms with Crippen molar-refractivity contribution in [3.63, 3.8) is 0 Å². The van der Waals surface area contributed by atoms with Crippen LogP contribution in [0.25, 0.3) is 21.9 Å². The van der Waals surface area contributed by atoms with Crippen LogP contribution in [0, 0.1) is 5.82 Å². The summed E-state index contributed by atoms with van der Waals surface area (Å²) >= 11 is 6.23. The topological polar surface area (TPSA) is 12.0 Å². The van der Waals surface area contributed by atoms with Crippen LogP contribution in [0.4, 0.5) is 4.39 Å². The van der Waals surface area contributed by atoms with E-state index in [0.717, 1.165) is 21.9 Å². The summed E-state index contributed by atoms with van der Waals surface area (Å²) in [6.45, 7) is 0.707. The normalized spacial score (nSPS) is 11.0. The van der Waals surface area contributed by atoms with Crippen LogP contribution in [0.1, 0.15) is 5.56 Å². The molecule has 0 fully saturated rings. The van der Waals surface area contributed by atoms with Crippen LogP contribution < -0.4 is 5.32 Å². The van der Waals surface area contributed by atoms with Crippen molar-refractivity contribution in [1.29, 1.82) is 0 Å². The first-order chi connectivity index (χ1) is 10.2. The highest BCUT2D eigenvalue weighted by Crippen LogP contribution is 2.34. The van der Waals surface area contributed by atoms with Gasteiger partial charge in [-0.1, -0.05) is 48.0 Å². The molecule has 3 rings (SSSR count). The zero-order valence-electron chi connectivity index (χ0n) is 11.7. The molecule has 0 spiro atoms. The summed E-state index contributed by atoms with van der Waals surface area (Å²) in [6, 6.07) is 16.7. The minimum atomic E-state index is -0.220. The Morgan fingerprint density at radius 1 is 0.952 bits per heavy atom. The molecule has 3 aromatic rings. The first kappa shape index (κ1) is 14.1. The van der Waals surface area contributed by atoms with E-state index < -0.39 is 0 Å². The molecule has 0 aliphatic carbocycles. The highest BCUT2D eigenvalue weighted by Gasteiger charge is 2.11. The molecular weight excluding hydrogens is 285 g/mol. The van der Waals surface area contributed by atoms with Crippen LogP contribution in [0.3, 0.4) is 0 Å². The fourth-order valence-corrected chi connectivity index (χ4v) is 2.82. The largest absolute Gasteiger partial charge is 0.316 e. The first-order valence-electron chi connectivity index (χ1n) is 6.81. The van der Waals surface area contributed by atoms with E-state index in [1.54, 1.807) is 6.07 Å². The Kier molecular flexibility index (Phi) is 3.91. The maximum Gasteiger partial charge on any atom is 0.131 e. The summed E-state index contributed by atoms with van der Waals surface area (Å²) in [7, 11) is 1.88. The van der Waals surface area contributed by atoms with Crippen molar-refractivity contribution < 1.29 is 4.39 Å². The molecule has 106 valence electrons. The average Bonchev–Trinajstić information content (AvgIpc) is 2.51.